The first-order valence-electron chi connectivity index (χ1n) is 9.06. The van der Waals surface area contributed by atoms with Crippen molar-refractivity contribution in [1.82, 2.24) is 0 Å². The van der Waals surface area contributed by atoms with Crippen LogP contribution in [0.5, 0.6) is 0 Å². The Bertz CT molecular complexity index is 946. The van der Waals surface area contributed by atoms with Gasteiger partial charge in [0.15, 0.2) is 0 Å². The highest BCUT2D eigenvalue weighted by Gasteiger charge is 2.39. The van der Waals surface area contributed by atoms with Crippen molar-refractivity contribution in [2.75, 3.05) is 11.5 Å². The molecule has 1 heterocycles. The number of halogens is 1. The van der Waals surface area contributed by atoms with Crippen molar-refractivity contribution in [3.63, 3.8) is 0 Å². The van der Waals surface area contributed by atoms with E-state index in [-0.39, 0.29) is 10.6 Å². The maximum Gasteiger partial charge on any atom is 0.338 e. The number of anilines is 1. The lowest BCUT2D eigenvalue weighted by atomic mass is 10.0. The normalized spacial score (nSPS) is 14.0. The van der Waals surface area contributed by atoms with Crippen LogP contribution in [0, 0.1) is 6.92 Å². The van der Waals surface area contributed by atoms with E-state index in [1.165, 1.54) is 24.3 Å². The van der Waals surface area contributed by atoms with Crippen LogP contribution in [-0.2, 0) is 14.3 Å². The van der Waals surface area contributed by atoms with Crippen LogP contribution in [0.25, 0.3) is 5.57 Å². The van der Waals surface area contributed by atoms with E-state index in [1.54, 1.807) is 12.1 Å². The monoisotopic (exact) mass is 397 g/mol. The van der Waals surface area contributed by atoms with Gasteiger partial charge >= 0.3 is 5.97 Å². The van der Waals surface area contributed by atoms with Crippen LogP contribution in [0.4, 0.5) is 5.69 Å². The van der Waals surface area contributed by atoms with Crippen LogP contribution in [0.3, 0.4) is 0 Å². The van der Waals surface area contributed by atoms with Gasteiger partial charge in [-0.2, -0.15) is 0 Å². The predicted octanol–water partition coefficient (Wildman–Crippen LogP) is 4.48. The largest absolute Gasteiger partial charge is 0.462 e. The number of hydrogen-bond acceptors (Lipinski definition) is 4. The molecule has 1 aliphatic rings. The van der Waals surface area contributed by atoms with Crippen LogP contribution in [-0.4, -0.2) is 24.4 Å². The van der Waals surface area contributed by atoms with Crippen LogP contribution < -0.4 is 4.90 Å². The van der Waals surface area contributed by atoms with E-state index in [4.69, 9.17) is 16.3 Å². The number of hydrogen-bond donors (Lipinski definition) is 0. The standard InChI is InChI=1S/C22H20ClNO4/c1-3-4-13-28-22(27)16-9-11-17(12-10-16)24-20(25)18(19(23)21(24)26)15-7-5-14(2)6-8-15/h5-12H,3-4,13H2,1-2H3. The molecule has 2 aromatic carbocycles. The van der Waals surface area contributed by atoms with Gasteiger partial charge in [0.1, 0.15) is 5.03 Å². The number of aryl methyl sites for hydroxylation is 1. The molecule has 1 aliphatic heterocycles. The number of imide groups is 1. The Hall–Kier alpha value is -2.92. The van der Waals surface area contributed by atoms with Gasteiger partial charge in [-0.3, -0.25) is 9.59 Å². The predicted molar refractivity (Wildman–Crippen MR) is 108 cm³/mol. The highest BCUT2D eigenvalue weighted by Crippen LogP contribution is 2.35. The molecule has 28 heavy (non-hydrogen) atoms. The number of carbonyl (C=O) groups is 3. The third kappa shape index (κ3) is 3.85. The summed E-state index contributed by atoms with van der Waals surface area (Å²) in [6, 6.07) is 13.4. The Morgan fingerprint density at radius 1 is 1.00 bits per heavy atom. The second-order valence-corrected chi connectivity index (χ2v) is 6.92. The van der Waals surface area contributed by atoms with Crippen molar-refractivity contribution in [3.05, 3.63) is 70.3 Å². The molecule has 0 aromatic heterocycles. The van der Waals surface area contributed by atoms with Gasteiger partial charge in [0.2, 0.25) is 0 Å². The first-order valence-corrected chi connectivity index (χ1v) is 9.44. The molecule has 0 saturated carbocycles. The van der Waals surface area contributed by atoms with Crippen LogP contribution >= 0.6 is 11.6 Å². The number of rotatable bonds is 6. The van der Waals surface area contributed by atoms with Crippen molar-refractivity contribution in [3.8, 4) is 0 Å². The topological polar surface area (TPSA) is 63.7 Å². The molecular formula is C22H20ClNO4. The summed E-state index contributed by atoms with van der Waals surface area (Å²) >= 11 is 6.19. The summed E-state index contributed by atoms with van der Waals surface area (Å²) in [6.07, 6.45) is 1.73. The lowest BCUT2D eigenvalue weighted by Gasteiger charge is -2.15. The van der Waals surface area contributed by atoms with Gasteiger partial charge in [-0.15, -0.1) is 0 Å². The van der Waals surface area contributed by atoms with Crippen LogP contribution in [0.1, 0.15) is 41.3 Å². The summed E-state index contributed by atoms with van der Waals surface area (Å²) in [5.74, 6) is -1.51. The van der Waals surface area contributed by atoms with Crippen molar-refractivity contribution in [1.29, 1.82) is 0 Å². The molecule has 3 rings (SSSR count). The molecule has 0 N–H and O–H groups in total. The Kier molecular flexibility index (Phi) is 5.95. The van der Waals surface area contributed by atoms with Gasteiger partial charge in [-0.05, 0) is 43.2 Å². The fourth-order valence-electron chi connectivity index (χ4n) is 2.85. The number of ether oxygens (including phenoxy) is 1. The maximum absolute atomic E-state index is 12.9. The zero-order valence-electron chi connectivity index (χ0n) is 15.7. The number of carbonyl (C=O) groups excluding carboxylic acids is 3. The van der Waals surface area contributed by atoms with Gasteiger partial charge in [0, 0.05) is 0 Å². The Morgan fingerprint density at radius 2 is 1.64 bits per heavy atom. The summed E-state index contributed by atoms with van der Waals surface area (Å²) in [5.41, 5.74) is 2.51. The zero-order valence-corrected chi connectivity index (χ0v) is 16.5. The van der Waals surface area contributed by atoms with Crippen molar-refractivity contribution in [2.45, 2.75) is 26.7 Å². The van der Waals surface area contributed by atoms with Gasteiger partial charge < -0.3 is 4.74 Å². The van der Waals surface area contributed by atoms with Crippen molar-refractivity contribution < 1.29 is 19.1 Å². The number of benzene rings is 2. The molecule has 0 atom stereocenters. The minimum Gasteiger partial charge on any atom is -0.462 e. The molecule has 144 valence electrons. The van der Waals surface area contributed by atoms with E-state index in [0.29, 0.717) is 23.4 Å². The smallest absolute Gasteiger partial charge is 0.338 e. The van der Waals surface area contributed by atoms with Gasteiger partial charge in [-0.1, -0.05) is 54.8 Å². The fraction of sp³-hybridized carbons (Fsp3) is 0.227. The van der Waals surface area contributed by atoms with E-state index in [9.17, 15) is 14.4 Å². The summed E-state index contributed by atoms with van der Waals surface area (Å²) in [6.45, 7) is 4.30. The molecule has 0 spiro atoms. The van der Waals surface area contributed by atoms with Gasteiger partial charge in [0.05, 0.1) is 23.4 Å². The fourth-order valence-corrected chi connectivity index (χ4v) is 3.12. The second kappa shape index (κ2) is 8.40. The maximum atomic E-state index is 12.9. The molecule has 5 nitrogen and oxygen atoms in total. The molecule has 0 aliphatic carbocycles. The third-order valence-corrected chi connectivity index (χ3v) is 4.81. The summed E-state index contributed by atoms with van der Waals surface area (Å²) in [5, 5.41) is -0.114. The van der Waals surface area contributed by atoms with E-state index in [1.807, 2.05) is 26.0 Å². The van der Waals surface area contributed by atoms with Crippen molar-refractivity contribution >= 4 is 40.6 Å². The number of esters is 1. The number of amides is 2. The van der Waals surface area contributed by atoms with Crippen LogP contribution in [0.15, 0.2) is 53.6 Å². The lowest BCUT2D eigenvalue weighted by Crippen LogP contribution is -2.31. The summed E-state index contributed by atoms with van der Waals surface area (Å²) in [4.78, 5) is 38.5. The Labute approximate surface area is 168 Å². The average Bonchev–Trinajstić information content (AvgIpc) is 2.92. The summed E-state index contributed by atoms with van der Waals surface area (Å²) < 4.78 is 5.16. The SMILES string of the molecule is CCCCOC(=O)c1ccc(N2C(=O)C(Cl)=C(c3ccc(C)cc3)C2=O)cc1. The van der Waals surface area contributed by atoms with E-state index >= 15 is 0 Å². The first-order chi connectivity index (χ1) is 13.4. The highest BCUT2D eigenvalue weighted by atomic mass is 35.5. The van der Waals surface area contributed by atoms with Crippen molar-refractivity contribution in [2.24, 2.45) is 0 Å². The number of unbranched alkanes of at least 4 members (excludes halogenated alkanes) is 1. The van der Waals surface area contributed by atoms with E-state index in [2.05, 4.69) is 0 Å². The molecule has 0 radical (unpaired) electrons. The molecule has 2 amide bonds. The quantitative estimate of drug-likeness (QED) is 0.409. The van der Waals surface area contributed by atoms with E-state index in [0.717, 1.165) is 23.3 Å². The first kappa shape index (κ1) is 19.8. The molecule has 2 aromatic rings. The van der Waals surface area contributed by atoms with Gasteiger partial charge in [0.25, 0.3) is 11.8 Å². The highest BCUT2D eigenvalue weighted by molar-refractivity contribution is 6.60. The molecule has 0 fully saturated rings. The Morgan fingerprint density at radius 3 is 2.25 bits per heavy atom. The summed E-state index contributed by atoms with van der Waals surface area (Å²) in [7, 11) is 0. The third-order valence-electron chi connectivity index (χ3n) is 4.46. The average molecular weight is 398 g/mol. The second-order valence-electron chi connectivity index (χ2n) is 6.54. The molecular weight excluding hydrogens is 378 g/mol. The minimum atomic E-state index is -0.583. The number of nitrogens with zero attached hydrogens (tertiary/aromatic N) is 1. The minimum absolute atomic E-state index is 0.114. The lowest BCUT2D eigenvalue weighted by molar-refractivity contribution is -0.119. The molecule has 0 bridgehead atoms. The molecule has 0 unspecified atom stereocenters. The van der Waals surface area contributed by atoms with Crippen LogP contribution in [0.2, 0.25) is 0 Å². The Balaban J connectivity index is 1.81. The molecule has 6 heteroatoms. The van der Waals surface area contributed by atoms with E-state index < -0.39 is 17.8 Å². The zero-order chi connectivity index (χ0) is 20.3. The van der Waals surface area contributed by atoms with Gasteiger partial charge in [-0.25, -0.2) is 9.69 Å². The molecule has 0 saturated heterocycles.